The number of carboxylic acid groups (broad SMARTS) is 1. The average Bonchev–Trinajstić information content (AvgIpc) is 3.20. The monoisotopic (exact) mass is 565 g/mol. The Kier molecular flexibility index (Phi) is 8.88. The first-order chi connectivity index (χ1) is 18.6. The molecule has 4 rings (SSSR count). The van der Waals surface area contributed by atoms with E-state index in [0.29, 0.717) is 32.1 Å². The highest BCUT2D eigenvalue weighted by Crippen LogP contribution is 2.68. The van der Waals surface area contributed by atoms with Gasteiger partial charge in [-0.2, -0.15) is 0 Å². The van der Waals surface area contributed by atoms with Gasteiger partial charge in [-0.05, 0) is 118 Å². The first-order valence-electron chi connectivity index (χ1n) is 15.3. The molecule has 0 aromatic rings. The Hall–Kier alpha value is -1.87. The van der Waals surface area contributed by atoms with E-state index in [1.54, 1.807) is 0 Å². The third kappa shape index (κ3) is 6.01. The summed E-state index contributed by atoms with van der Waals surface area (Å²) in [5, 5.41) is 34.5. The molecular formula is C31H51NO8. The molecule has 4 N–H and O–H groups in total. The number of amides is 1. The Morgan fingerprint density at radius 3 is 2.38 bits per heavy atom. The summed E-state index contributed by atoms with van der Waals surface area (Å²) >= 11 is 0. The van der Waals surface area contributed by atoms with Gasteiger partial charge >= 0.3 is 18.0 Å². The number of nitrogens with one attached hydrogen (secondary N) is 1. The number of carboxylic acids is 1. The second kappa shape index (κ2) is 11.4. The number of fused-ring (bicyclic) bond motifs is 5. The Morgan fingerprint density at radius 2 is 1.73 bits per heavy atom. The van der Waals surface area contributed by atoms with Gasteiger partial charge in [-0.15, -0.1) is 0 Å². The zero-order valence-corrected chi connectivity index (χ0v) is 25.2. The number of alkyl carbamates (subject to hydrolysis) is 1. The predicted octanol–water partition coefficient (Wildman–Crippen LogP) is 4.52. The van der Waals surface area contributed by atoms with Gasteiger partial charge in [0.05, 0.1) is 12.2 Å². The van der Waals surface area contributed by atoms with Crippen LogP contribution in [-0.2, 0) is 19.1 Å². The molecule has 11 atom stereocenters. The van der Waals surface area contributed by atoms with Gasteiger partial charge in [0.15, 0.2) is 0 Å². The van der Waals surface area contributed by atoms with Crippen molar-refractivity contribution >= 4 is 18.0 Å². The molecule has 9 heteroatoms. The zero-order chi connectivity index (χ0) is 29.6. The van der Waals surface area contributed by atoms with Gasteiger partial charge in [-0.3, -0.25) is 9.59 Å². The Bertz CT molecular complexity index is 963. The lowest BCUT2D eigenvalue weighted by Crippen LogP contribution is -2.62. The molecule has 0 bridgehead atoms. The molecule has 0 heterocycles. The number of hydrogen-bond donors (Lipinski definition) is 4. The quantitative estimate of drug-likeness (QED) is 0.330. The van der Waals surface area contributed by atoms with Crippen molar-refractivity contribution in [2.24, 2.45) is 46.3 Å². The van der Waals surface area contributed by atoms with E-state index in [1.807, 2.05) is 20.8 Å². The van der Waals surface area contributed by atoms with Crippen molar-refractivity contribution in [2.75, 3.05) is 6.54 Å². The van der Waals surface area contributed by atoms with Crippen LogP contribution in [-0.4, -0.2) is 63.8 Å². The smallest absolute Gasteiger partial charge is 0.407 e. The summed E-state index contributed by atoms with van der Waals surface area (Å²) in [5.41, 5.74) is -0.867. The molecule has 1 amide bonds. The summed E-state index contributed by atoms with van der Waals surface area (Å²) < 4.78 is 11.1. The van der Waals surface area contributed by atoms with Crippen LogP contribution in [0.25, 0.3) is 0 Å². The third-order valence-corrected chi connectivity index (χ3v) is 11.4. The lowest BCUT2D eigenvalue weighted by atomic mass is 9.43. The van der Waals surface area contributed by atoms with Crippen molar-refractivity contribution in [1.82, 2.24) is 5.32 Å². The van der Waals surface area contributed by atoms with E-state index in [0.717, 1.165) is 25.7 Å². The van der Waals surface area contributed by atoms with Gasteiger partial charge in [-0.25, -0.2) is 4.79 Å². The van der Waals surface area contributed by atoms with Crippen LogP contribution in [0.2, 0.25) is 0 Å². The molecule has 4 aliphatic carbocycles. The average molecular weight is 566 g/mol. The van der Waals surface area contributed by atoms with Crippen LogP contribution in [0.1, 0.15) is 99.3 Å². The van der Waals surface area contributed by atoms with Crippen LogP contribution < -0.4 is 5.32 Å². The number of aliphatic hydroxyl groups is 2. The molecular weight excluding hydrogens is 514 g/mol. The van der Waals surface area contributed by atoms with Crippen molar-refractivity contribution in [2.45, 2.75) is 123 Å². The molecule has 0 aromatic heterocycles. The number of rotatable bonds is 7. The van der Waals surface area contributed by atoms with Crippen molar-refractivity contribution in [3.05, 3.63) is 0 Å². The minimum atomic E-state index is -1.12. The van der Waals surface area contributed by atoms with Crippen molar-refractivity contribution < 1.29 is 39.2 Å². The molecule has 0 radical (unpaired) electrons. The fourth-order valence-corrected chi connectivity index (χ4v) is 9.50. The number of carbonyl (C=O) groups is 3. The summed E-state index contributed by atoms with van der Waals surface area (Å²) in [6.07, 6.45) is 4.56. The molecule has 5 unspecified atom stereocenters. The molecule has 4 saturated carbocycles. The number of aliphatic carboxylic acids is 1. The molecule has 0 saturated heterocycles. The predicted molar refractivity (Wildman–Crippen MR) is 148 cm³/mol. The van der Waals surface area contributed by atoms with E-state index in [9.17, 15) is 24.6 Å². The number of hydrogen-bond acceptors (Lipinski definition) is 7. The standard InChI is InChI=1S/C31H51NO8/c1-17(7-10-26(37)40-29(2,3)4)20-8-9-21-27-22(15-24(34)31(20,21)6)30(5)12-11-19(13-18(30)14-23(27)33)39-28(38)32-16-25(35)36/h17-24,27,33-34H,7-16H2,1-6H3,(H,32,38)(H,35,36)/t17-,18?,19-,20?,21?,22?,23-,24+,27?,30+,31-/m1/s1. The van der Waals surface area contributed by atoms with Crippen LogP contribution in [0.15, 0.2) is 0 Å². The highest BCUT2D eigenvalue weighted by Gasteiger charge is 2.65. The molecule has 4 fully saturated rings. The number of aliphatic hydroxyl groups excluding tert-OH is 2. The summed E-state index contributed by atoms with van der Waals surface area (Å²) in [6.45, 7) is 11.9. The third-order valence-electron chi connectivity index (χ3n) is 11.4. The maximum absolute atomic E-state index is 12.4. The fourth-order valence-electron chi connectivity index (χ4n) is 9.50. The Labute approximate surface area is 238 Å². The van der Waals surface area contributed by atoms with Crippen molar-refractivity contribution in [3.8, 4) is 0 Å². The molecule has 9 nitrogen and oxygen atoms in total. The highest BCUT2D eigenvalue weighted by molar-refractivity contribution is 5.76. The van der Waals surface area contributed by atoms with Crippen LogP contribution in [0.3, 0.4) is 0 Å². The zero-order valence-electron chi connectivity index (χ0n) is 25.2. The topological polar surface area (TPSA) is 142 Å². The maximum Gasteiger partial charge on any atom is 0.407 e. The maximum atomic E-state index is 12.4. The minimum Gasteiger partial charge on any atom is -0.480 e. The van der Waals surface area contributed by atoms with E-state index in [4.69, 9.17) is 14.6 Å². The lowest BCUT2D eigenvalue weighted by molar-refractivity contribution is -0.207. The molecule has 40 heavy (non-hydrogen) atoms. The van der Waals surface area contributed by atoms with E-state index >= 15 is 0 Å². The molecule has 0 aromatic carbocycles. The van der Waals surface area contributed by atoms with Gasteiger partial charge in [0.2, 0.25) is 0 Å². The summed E-state index contributed by atoms with van der Waals surface area (Å²) in [4.78, 5) is 35.2. The first-order valence-corrected chi connectivity index (χ1v) is 15.3. The first kappa shape index (κ1) is 31.1. The van der Waals surface area contributed by atoms with E-state index in [2.05, 4.69) is 26.1 Å². The normalized spacial score (nSPS) is 41.6. The number of carbonyl (C=O) groups excluding carboxylic acids is 2. The summed E-state index contributed by atoms with van der Waals surface area (Å²) in [7, 11) is 0. The Balaban J connectivity index is 1.43. The summed E-state index contributed by atoms with van der Waals surface area (Å²) in [6, 6.07) is 0. The van der Waals surface area contributed by atoms with Crippen LogP contribution >= 0.6 is 0 Å². The minimum absolute atomic E-state index is 0.0655. The second-order valence-electron chi connectivity index (χ2n) is 14.7. The second-order valence-corrected chi connectivity index (χ2v) is 14.7. The molecule has 4 aliphatic rings. The van der Waals surface area contributed by atoms with Crippen molar-refractivity contribution in [3.63, 3.8) is 0 Å². The molecule has 0 spiro atoms. The number of esters is 1. The molecule has 228 valence electrons. The van der Waals surface area contributed by atoms with E-state index < -0.39 is 36.4 Å². The number of ether oxygens (including phenoxy) is 2. The van der Waals surface area contributed by atoms with Gasteiger partial charge in [-0.1, -0.05) is 20.8 Å². The SMILES string of the molecule is C[C@H](CCC(=O)OC(C)(C)C)C1CCC2C3C(C[C@H](O)[C@@]21C)[C@@]1(C)CC[C@@H](OC(=O)NCC(=O)O)CC1C[C@H]3O. The fraction of sp³-hybridized carbons (Fsp3) is 0.903. The molecule has 0 aliphatic heterocycles. The largest absolute Gasteiger partial charge is 0.480 e. The van der Waals surface area contributed by atoms with E-state index in [-0.39, 0.29) is 58.4 Å². The van der Waals surface area contributed by atoms with Crippen LogP contribution in [0.5, 0.6) is 0 Å². The van der Waals surface area contributed by atoms with Crippen LogP contribution in [0.4, 0.5) is 4.79 Å². The van der Waals surface area contributed by atoms with Gasteiger partial charge in [0, 0.05) is 6.42 Å². The Morgan fingerprint density at radius 1 is 1.02 bits per heavy atom. The van der Waals surface area contributed by atoms with Gasteiger partial charge < -0.3 is 30.1 Å². The van der Waals surface area contributed by atoms with Gasteiger partial charge in [0.25, 0.3) is 0 Å². The lowest BCUT2D eigenvalue weighted by Gasteiger charge is -2.63. The summed E-state index contributed by atoms with van der Waals surface area (Å²) in [5.74, 6) is -0.0660. The van der Waals surface area contributed by atoms with Gasteiger partial charge in [0.1, 0.15) is 18.2 Å². The van der Waals surface area contributed by atoms with E-state index in [1.165, 1.54) is 0 Å². The van der Waals surface area contributed by atoms with Crippen molar-refractivity contribution in [1.29, 1.82) is 0 Å². The highest BCUT2D eigenvalue weighted by atomic mass is 16.6. The van der Waals surface area contributed by atoms with Crippen LogP contribution in [0, 0.1) is 46.3 Å².